The summed E-state index contributed by atoms with van der Waals surface area (Å²) in [6, 6.07) is 6.43. The third-order valence-corrected chi connectivity index (χ3v) is 2.89. The molecule has 1 heterocycles. The van der Waals surface area contributed by atoms with Gasteiger partial charge < -0.3 is 5.11 Å². The quantitative estimate of drug-likeness (QED) is 0.656. The van der Waals surface area contributed by atoms with Gasteiger partial charge in [-0.3, -0.25) is 14.3 Å². The molecule has 0 atom stereocenters. The third-order valence-electron chi connectivity index (χ3n) is 2.89. The van der Waals surface area contributed by atoms with Crippen LogP contribution < -0.4 is 0 Å². The standard InChI is InChI=1S/C17H16N2O3/c1-19-12-14(11-18-19)5-9-17(22)10-16(21)8-4-13-2-6-15(20)7-3-13/h2-9,11-12,20H,10H2,1H3. The number of phenols is 1. The van der Waals surface area contributed by atoms with Crippen LogP contribution in [0.3, 0.4) is 0 Å². The molecular formula is C17H16N2O3. The first-order chi connectivity index (χ1) is 10.5. The summed E-state index contributed by atoms with van der Waals surface area (Å²) in [6.45, 7) is 0. The van der Waals surface area contributed by atoms with Crippen LogP contribution in [-0.4, -0.2) is 26.5 Å². The predicted octanol–water partition coefficient (Wildman–Crippen LogP) is 2.38. The highest BCUT2D eigenvalue weighted by Crippen LogP contribution is 2.11. The van der Waals surface area contributed by atoms with Crippen LogP contribution in [0.15, 0.2) is 48.8 Å². The van der Waals surface area contributed by atoms with E-state index in [2.05, 4.69) is 5.10 Å². The van der Waals surface area contributed by atoms with Crippen molar-refractivity contribution in [1.29, 1.82) is 0 Å². The van der Waals surface area contributed by atoms with Crippen LogP contribution in [0.1, 0.15) is 17.5 Å². The molecule has 0 saturated carbocycles. The van der Waals surface area contributed by atoms with Crippen molar-refractivity contribution in [2.75, 3.05) is 0 Å². The molecule has 0 aliphatic rings. The zero-order valence-corrected chi connectivity index (χ0v) is 12.1. The van der Waals surface area contributed by atoms with E-state index >= 15 is 0 Å². The molecule has 112 valence electrons. The number of aromatic nitrogens is 2. The summed E-state index contributed by atoms with van der Waals surface area (Å²) >= 11 is 0. The summed E-state index contributed by atoms with van der Waals surface area (Å²) in [4.78, 5) is 23.4. The maximum Gasteiger partial charge on any atom is 0.163 e. The van der Waals surface area contributed by atoms with Crippen molar-refractivity contribution in [2.24, 2.45) is 7.05 Å². The first-order valence-electron chi connectivity index (χ1n) is 6.72. The number of phenolic OH excluding ortho intramolecular Hbond substituents is 1. The Balaban J connectivity index is 1.87. The van der Waals surface area contributed by atoms with Crippen LogP contribution in [0.5, 0.6) is 5.75 Å². The number of benzene rings is 1. The van der Waals surface area contributed by atoms with Crippen molar-refractivity contribution in [1.82, 2.24) is 9.78 Å². The molecule has 0 fully saturated rings. The van der Waals surface area contributed by atoms with E-state index in [0.29, 0.717) is 0 Å². The maximum atomic E-state index is 11.7. The van der Waals surface area contributed by atoms with Gasteiger partial charge in [-0.2, -0.15) is 5.10 Å². The van der Waals surface area contributed by atoms with Crippen LogP contribution in [0.2, 0.25) is 0 Å². The summed E-state index contributed by atoms with van der Waals surface area (Å²) in [5.74, 6) is -0.364. The van der Waals surface area contributed by atoms with Gasteiger partial charge in [-0.25, -0.2) is 0 Å². The summed E-state index contributed by atoms with van der Waals surface area (Å²) in [5, 5.41) is 13.1. The predicted molar refractivity (Wildman–Crippen MR) is 84.0 cm³/mol. The van der Waals surface area contributed by atoms with Gasteiger partial charge >= 0.3 is 0 Å². The van der Waals surface area contributed by atoms with E-state index in [0.717, 1.165) is 11.1 Å². The van der Waals surface area contributed by atoms with Gasteiger partial charge in [0.1, 0.15) is 5.75 Å². The smallest absolute Gasteiger partial charge is 0.163 e. The number of carbonyl (C=O) groups excluding carboxylic acids is 2. The Kier molecular flexibility index (Phi) is 5.03. The van der Waals surface area contributed by atoms with Crippen LogP contribution >= 0.6 is 0 Å². The fourth-order valence-corrected chi connectivity index (χ4v) is 1.78. The number of rotatable bonds is 6. The van der Waals surface area contributed by atoms with Gasteiger partial charge in [0, 0.05) is 18.8 Å². The topological polar surface area (TPSA) is 72.2 Å². The van der Waals surface area contributed by atoms with E-state index in [1.807, 2.05) is 0 Å². The number of nitrogens with zero attached hydrogens (tertiary/aromatic N) is 2. The number of allylic oxidation sites excluding steroid dienone is 2. The minimum atomic E-state index is -0.270. The van der Waals surface area contributed by atoms with Crippen LogP contribution in [-0.2, 0) is 16.6 Å². The van der Waals surface area contributed by atoms with E-state index in [1.165, 1.54) is 24.3 Å². The van der Waals surface area contributed by atoms with Crippen LogP contribution in [0.25, 0.3) is 12.2 Å². The van der Waals surface area contributed by atoms with Gasteiger partial charge in [0.15, 0.2) is 11.6 Å². The van der Waals surface area contributed by atoms with Crippen LogP contribution in [0.4, 0.5) is 0 Å². The summed E-state index contributed by atoms with van der Waals surface area (Å²) in [6.07, 6.45) is 9.22. The largest absolute Gasteiger partial charge is 0.508 e. The van der Waals surface area contributed by atoms with Gasteiger partial charge in [0.05, 0.1) is 12.6 Å². The SMILES string of the molecule is Cn1cc(C=CC(=O)CC(=O)C=Cc2ccc(O)cc2)cn1. The first kappa shape index (κ1) is 15.4. The third kappa shape index (κ3) is 4.86. The van der Waals surface area contributed by atoms with Gasteiger partial charge in [0.2, 0.25) is 0 Å². The molecule has 0 radical (unpaired) electrons. The fraction of sp³-hybridized carbons (Fsp3) is 0.118. The molecule has 22 heavy (non-hydrogen) atoms. The summed E-state index contributed by atoms with van der Waals surface area (Å²) < 4.78 is 1.63. The van der Waals surface area contributed by atoms with Gasteiger partial charge in [-0.1, -0.05) is 18.2 Å². The Labute approximate surface area is 128 Å². The van der Waals surface area contributed by atoms with E-state index in [1.54, 1.807) is 48.4 Å². The lowest BCUT2D eigenvalue weighted by Gasteiger charge is -1.94. The average Bonchev–Trinajstić information content (AvgIpc) is 2.90. The minimum Gasteiger partial charge on any atom is -0.508 e. The van der Waals surface area contributed by atoms with Gasteiger partial charge in [0.25, 0.3) is 0 Å². The molecule has 1 aromatic heterocycles. The molecule has 5 nitrogen and oxygen atoms in total. The van der Waals surface area contributed by atoms with Crippen LogP contribution in [0, 0.1) is 0 Å². The number of carbonyl (C=O) groups is 2. The molecule has 0 bridgehead atoms. The molecule has 0 spiro atoms. The van der Waals surface area contributed by atoms with Crippen molar-refractivity contribution in [3.05, 3.63) is 59.9 Å². The number of hydrogen-bond donors (Lipinski definition) is 1. The maximum absolute atomic E-state index is 11.7. The monoisotopic (exact) mass is 296 g/mol. The second kappa shape index (κ2) is 7.17. The number of aromatic hydroxyl groups is 1. The molecular weight excluding hydrogens is 280 g/mol. The minimum absolute atomic E-state index is 0.166. The van der Waals surface area contributed by atoms with E-state index in [4.69, 9.17) is 5.11 Å². The van der Waals surface area contributed by atoms with Crippen molar-refractivity contribution in [2.45, 2.75) is 6.42 Å². The highest BCUT2D eigenvalue weighted by molar-refractivity contribution is 6.10. The number of hydrogen-bond acceptors (Lipinski definition) is 4. The Morgan fingerprint density at radius 3 is 2.23 bits per heavy atom. The summed E-state index contributed by atoms with van der Waals surface area (Å²) in [7, 11) is 1.79. The molecule has 1 N–H and O–H groups in total. The zero-order chi connectivity index (χ0) is 15.9. The Morgan fingerprint density at radius 1 is 1.09 bits per heavy atom. The van der Waals surface area contributed by atoms with E-state index in [-0.39, 0.29) is 23.7 Å². The number of ketones is 2. The molecule has 0 aliphatic carbocycles. The summed E-state index contributed by atoms with van der Waals surface area (Å²) in [5.41, 5.74) is 1.59. The highest BCUT2D eigenvalue weighted by atomic mass is 16.3. The zero-order valence-electron chi connectivity index (χ0n) is 12.1. The van der Waals surface area contributed by atoms with Gasteiger partial charge in [-0.15, -0.1) is 0 Å². The molecule has 0 amide bonds. The van der Waals surface area contributed by atoms with Crippen molar-refractivity contribution in [3.8, 4) is 5.75 Å². The van der Waals surface area contributed by atoms with Crippen molar-refractivity contribution >= 4 is 23.7 Å². The molecule has 2 rings (SSSR count). The molecule has 2 aromatic rings. The normalized spacial score (nSPS) is 11.3. The Morgan fingerprint density at radius 2 is 1.68 bits per heavy atom. The van der Waals surface area contributed by atoms with Gasteiger partial charge in [-0.05, 0) is 35.9 Å². The first-order valence-corrected chi connectivity index (χ1v) is 6.72. The Hall–Kier alpha value is -2.95. The molecule has 0 saturated heterocycles. The second-order valence-corrected chi connectivity index (χ2v) is 4.81. The average molecular weight is 296 g/mol. The van der Waals surface area contributed by atoms with E-state index in [9.17, 15) is 9.59 Å². The molecule has 5 heteroatoms. The molecule has 1 aromatic carbocycles. The second-order valence-electron chi connectivity index (χ2n) is 4.81. The lowest BCUT2D eigenvalue weighted by molar-refractivity contribution is -0.121. The lowest BCUT2D eigenvalue weighted by Crippen LogP contribution is -2.01. The lowest BCUT2D eigenvalue weighted by atomic mass is 10.1. The highest BCUT2D eigenvalue weighted by Gasteiger charge is 2.03. The molecule has 0 aliphatic heterocycles. The Bertz CT molecular complexity index is 725. The molecule has 0 unspecified atom stereocenters. The van der Waals surface area contributed by atoms with E-state index < -0.39 is 0 Å². The fourth-order valence-electron chi connectivity index (χ4n) is 1.78. The van der Waals surface area contributed by atoms with Crippen molar-refractivity contribution in [3.63, 3.8) is 0 Å². The number of aryl methyl sites for hydroxylation is 1. The van der Waals surface area contributed by atoms with Crippen molar-refractivity contribution < 1.29 is 14.7 Å².